The Morgan fingerprint density at radius 1 is 1.30 bits per heavy atom. The van der Waals surface area contributed by atoms with Crippen molar-refractivity contribution in [3.63, 3.8) is 0 Å². The summed E-state index contributed by atoms with van der Waals surface area (Å²) in [6.45, 7) is 0. The van der Waals surface area contributed by atoms with Gasteiger partial charge in [-0.15, -0.1) is 0 Å². The quantitative estimate of drug-likeness (QED) is 0.395. The number of aromatic nitrogens is 2. The van der Waals surface area contributed by atoms with E-state index >= 15 is 0 Å². The van der Waals surface area contributed by atoms with E-state index in [1.807, 2.05) is 24.3 Å². The summed E-state index contributed by atoms with van der Waals surface area (Å²) in [6.07, 6.45) is 3.01. The van der Waals surface area contributed by atoms with Crippen molar-refractivity contribution in [3.05, 3.63) is 76.0 Å². The van der Waals surface area contributed by atoms with Crippen LogP contribution >= 0.6 is 0 Å². The summed E-state index contributed by atoms with van der Waals surface area (Å²) in [5.74, 6) is 0.183. The number of aromatic amines is 1. The lowest BCUT2D eigenvalue weighted by Crippen LogP contribution is -2.17. The van der Waals surface area contributed by atoms with Gasteiger partial charge in [0.15, 0.2) is 0 Å². The summed E-state index contributed by atoms with van der Waals surface area (Å²) < 4.78 is 5.13. The molecule has 0 spiro atoms. The lowest BCUT2D eigenvalue weighted by atomic mass is 10.1. The maximum Gasteiger partial charge on any atom is 0.271 e. The Bertz CT molecular complexity index is 995. The fourth-order valence-electron chi connectivity index (χ4n) is 2.37. The van der Waals surface area contributed by atoms with Gasteiger partial charge in [-0.25, -0.2) is 5.43 Å². The van der Waals surface area contributed by atoms with E-state index in [2.05, 4.69) is 20.7 Å². The topological polar surface area (TPSA) is 123 Å². The number of hydrazone groups is 1. The van der Waals surface area contributed by atoms with E-state index in [0.29, 0.717) is 5.56 Å². The van der Waals surface area contributed by atoms with Gasteiger partial charge < -0.3 is 4.74 Å². The number of hydrogen-bond donors (Lipinski definition) is 2. The Balaban J connectivity index is 1.72. The molecule has 1 heterocycles. The third kappa shape index (κ3) is 4.15. The van der Waals surface area contributed by atoms with Crippen LogP contribution in [0.2, 0.25) is 0 Å². The first-order chi connectivity index (χ1) is 13.1. The van der Waals surface area contributed by atoms with Gasteiger partial charge >= 0.3 is 0 Å². The van der Waals surface area contributed by atoms with Crippen LogP contribution in [0.1, 0.15) is 15.9 Å². The van der Waals surface area contributed by atoms with Crippen molar-refractivity contribution in [1.82, 2.24) is 15.6 Å². The molecule has 0 fully saturated rings. The number of nitrogens with zero attached hydrogens (tertiary/aromatic N) is 3. The monoisotopic (exact) mass is 365 g/mol. The van der Waals surface area contributed by atoms with Crippen molar-refractivity contribution in [2.45, 2.75) is 0 Å². The van der Waals surface area contributed by atoms with Gasteiger partial charge in [-0.1, -0.05) is 6.07 Å². The molecule has 0 unspecified atom stereocenters. The molecule has 1 aromatic heterocycles. The number of H-pyrrole nitrogens is 1. The Labute approximate surface area is 153 Å². The molecule has 0 aliphatic heterocycles. The summed E-state index contributed by atoms with van der Waals surface area (Å²) in [5.41, 5.74) is 4.59. The Morgan fingerprint density at radius 2 is 2.07 bits per heavy atom. The van der Waals surface area contributed by atoms with Crippen LogP contribution in [0.25, 0.3) is 11.3 Å². The van der Waals surface area contributed by atoms with Crippen molar-refractivity contribution >= 4 is 17.8 Å². The number of rotatable bonds is 6. The molecule has 0 aliphatic rings. The van der Waals surface area contributed by atoms with E-state index in [9.17, 15) is 14.9 Å². The number of carbonyl (C=O) groups is 1. The number of ether oxygens (including phenoxy) is 1. The molecule has 136 valence electrons. The SMILES string of the molecule is COc1ccc(-c2[nH]ncc2/C=N\NC(=O)c2cccc([N+](=O)[O-])c2)cc1. The van der Waals surface area contributed by atoms with E-state index in [1.54, 1.807) is 13.3 Å². The highest BCUT2D eigenvalue weighted by atomic mass is 16.6. The second-order valence-electron chi connectivity index (χ2n) is 5.44. The molecule has 9 heteroatoms. The molecule has 0 radical (unpaired) electrons. The normalized spacial score (nSPS) is 10.7. The molecular formula is C18H15N5O4. The number of hydrogen-bond acceptors (Lipinski definition) is 6. The third-order valence-electron chi connectivity index (χ3n) is 3.74. The molecule has 2 N–H and O–H groups in total. The molecule has 0 aliphatic carbocycles. The number of amides is 1. The lowest BCUT2D eigenvalue weighted by Gasteiger charge is -2.03. The van der Waals surface area contributed by atoms with Crippen molar-refractivity contribution < 1.29 is 14.5 Å². The maximum absolute atomic E-state index is 12.1. The van der Waals surface area contributed by atoms with Gasteiger partial charge in [-0.05, 0) is 30.3 Å². The minimum absolute atomic E-state index is 0.143. The van der Waals surface area contributed by atoms with E-state index in [1.165, 1.54) is 30.5 Å². The highest BCUT2D eigenvalue weighted by Gasteiger charge is 2.11. The standard InChI is InChI=1S/C18H15N5O4/c1-27-16-7-5-12(6-8-16)17-14(10-19-21-17)11-20-22-18(24)13-3-2-4-15(9-13)23(25)26/h2-11H,1H3,(H,19,21)(H,22,24)/b20-11-. The van der Waals surface area contributed by atoms with E-state index in [4.69, 9.17) is 4.74 Å². The summed E-state index contributed by atoms with van der Waals surface area (Å²) in [6, 6.07) is 12.8. The van der Waals surface area contributed by atoms with Crippen molar-refractivity contribution in [2.75, 3.05) is 7.11 Å². The number of nitrogens with one attached hydrogen (secondary N) is 2. The predicted molar refractivity (Wildman–Crippen MR) is 98.7 cm³/mol. The highest BCUT2D eigenvalue weighted by Crippen LogP contribution is 2.22. The zero-order valence-electron chi connectivity index (χ0n) is 14.2. The van der Waals surface area contributed by atoms with Gasteiger partial charge in [0.05, 0.1) is 30.1 Å². The van der Waals surface area contributed by atoms with Crippen LogP contribution in [-0.4, -0.2) is 34.4 Å². The predicted octanol–water partition coefficient (Wildman–Crippen LogP) is 2.76. The van der Waals surface area contributed by atoms with Gasteiger partial charge in [0.25, 0.3) is 11.6 Å². The smallest absolute Gasteiger partial charge is 0.271 e. The van der Waals surface area contributed by atoms with Gasteiger partial charge in [0, 0.05) is 28.8 Å². The second kappa shape index (κ2) is 7.91. The Kier molecular flexibility index (Phi) is 5.22. The number of carbonyl (C=O) groups excluding carboxylic acids is 1. The van der Waals surface area contributed by atoms with E-state index in [0.717, 1.165) is 17.0 Å². The van der Waals surface area contributed by atoms with E-state index < -0.39 is 10.8 Å². The molecule has 0 saturated carbocycles. The molecule has 3 aromatic rings. The minimum Gasteiger partial charge on any atom is -0.497 e. The van der Waals surface area contributed by atoms with Crippen molar-refractivity contribution in [3.8, 4) is 17.0 Å². The molecule has 1 amide bonds. The lowest BCUT2D eigenvalue weighted by molar-refractivity contribution is -0.384. The van der Waals surface area contributed by atoms with Crippen LogP contribution in [0.15, 0.2) is 59.8 Å². The number of methoxy groups -OCH3 is 1. The van der Waals surface area contributed by atoms with Crippen LogP contribution in [0, 0.1) is 10.1 Å². The van der Waals surface area contributed by atoms with E-state index in [-0.39, 0.29) is 11.3 Å². The fourth-order valence-corrected chi connectivity index (χ4v) is 2.37. The molecule has 27 heavy (non-hydrogen) atoms. The number of nitro benzene ring substituents is 1. The molecular weight excluding hydrogens is 350 g/mol. The molecule has 3 rings (SSSR count). The number of benzene rings is 2. The highest BCUT2D eigenvalue weighted by molar-refractivity contribution is 5.96. The van der Waals surface area contributed by atoms with Gasteiger partial charge in [0.1, 0.15) is 5.75 Å². The Hall–Kier alpha value is -4.01. The van der Waals surface area contributed by atoms with Crippen LogP contribution in [0.4, 0.5) is 5.69 Å². The zero-order chi connectivity index (χ0) is 19.2. The maximum atomic E-state index is 12.1. The molecule has 2 aromatic carbocycles. The summed E-state index contributed by atoms with van der Waals surface area (Å²) in [7, 11) is 1.59. The second-order valence-corrected chi connectivity index (χ2v) is 5.44. The summed E-state index contributed by atoms with van der Waals surface area (Å²) >= 11 is 0. The molecule has 0 atom stereocenters. The molecule has 9 nitrogen and oxygen atoms in total. The minimum atomic E-state index is -0.563. The number of non-ortho nitro benzene ring substituents is 1. The van der Waals surface area contributed by atoms with Crippen LogP contribution in [0.5, 0.6) is 5.75 Å². The fraction of sp³-hybridized carbons (Fsp3) is 0.0556. The largest absolute Gasteiger partial charge is 0.497 e. The van der Waals surface area contributed by atoms with Gasteiger partial charge in [-0.2, -0.15) is 10.2 Å². The average Bonchev–Trinajstić information content (AvgIpc) is 3.16. The van der Waals surface area contributed by atoms with Crippen LogP contribution < -0.4 is 10.2 Å². The first-order valence-corrected chi connectivity index (χ1v) is 7.84. The van der Waals surface area contributed by atoms with Crippen molar-refractivity contribution in [1.29, 1.82) is 0 Å². The first kappa shape index (κ1) is 17.8. The Morgan fingerprint density at radius 3 is 2.78 bits per heavy atom. The van der Waals surface area contributed by atoms with Gasteiger partial charge in [0.2, 0.25) is 0 Å². The average molecular weight is 365 g/mol. The third-order valence-corrected chi connectivity index (χ3v) is 3.74. The summed E-state index contributed by atoms with van der Waals surface area (Å²) in [5, 5.41) is 21.6. The zero-order valence-corrected chi connectivity index (χ0v) is 14.2. The van der Waals surface area contributed by atoms with Gasteiger partial charge in [-0.3, -0.25) is 20.0 Å². The first-order valence-electron chi connectivity index (χ1n) is 7.84. The van der Waals surface area contributed by atoms with Crippen LogP contribution in [-0.2, 0) is 0 Å². The molecule has 0 bridgehead atoms. The number of nitro groups is 1. The van der Waals surface area contributed by atoms with Crippen molar-refractivity contribution in [2.24, 2.45) is 5.10 Å². The van der Waals surface area contributed by atoms with Crippen LogP contribution in [0.3, 0.4) is 0 Å². The summed E-state index contributed by atoms with van der Waals surface area (Å²) in [4.78, 5) is 22.3. The molecule has 0 saturated heterocycles.